The second-order valence-electron chi connectivity index (χ2n) is 7.91. The van der Waals surface area contributed by atoms with Gasteiger partial charge in [-0.3, -0.25) is 14.6 Å². The number of rotatable bonds is 9. The van der Waals surface area contributed by atoms with Crippen molar-refractivity contribution >= 4 is 5.78 Å². The van der Waals surface area contributed by atoms with E-state index < -0.39 is 6.10 Å². The Bertz CT molecular complexity index is 876. The lowest BCUT2D eigenvalue weighted by molar-refractivity contribution is 0.0682. The number of ketones is 1. The third kappa shape index (κ3) is 6.75. The maximum atomic E-state index is 13.9. The van der Waals surface area contributed by atoms with Crippen molar-refractivity contribution in [2.45, 2.75) is 26.0 Å². The lowest BCUT2D eigenvalue weighted by atomic mass is 10.1. The summed E-state index contributed by atoms with van der Waals surface area (Å²) in [6, 6.07) is 11.9. The quantitative estimate of drug-likeness (QED) is 0.617. The van der Waals surface area contributed by atoms with Gasteiger partial charge in [0.25, 0.3) is 0 Å². The van der Waals surface area contributed by atoms with E-state index in [0.717, 1.165) is 32.6 Å². The molecule has 3 rings (SSSR count). The van der Waals surface area contributed by atoms with Gasteiger partial charge < -0.3 is 14.6 Å². The molecule has 1 aliphatic heterocycles. The van der Waals surface area contributed by atoms with Gasteiger partial charge in [-0.25, -0.2) is 4.39 Å². The number of halogens is 1. The van der Waals surface area contributed by atoms with Crippen LogP contribution in [0.5, 0.6) is 11.5 Å². The van der Waals surface area contributed by atoms with E-state index >= 15 is 0 Å². The molecule has 7 heteroatoms. The summed E-state index contributed by atoms with van der Waals surface area (Å²) in [6.45, 7) is 6.13. The van der Waals surface area contributed by atoms with Gasteiger partial charge in [0.1, 0.15) is 18.5 Å². The molecule has 6 nitrogen and oxygen atoms in total. The van der Waals surface area contributed by atoms with Crippen LogP contribution in [0.2, 0.25) is 0 Å². The molecule has 0 spiro atoms. The summed E-state index contributed by atoms with van der Waals surface area (Å²) in [5.41, 5.74) is 1.27. The van der Waals surface area contributed by atoms with Crippen molar-refractivity contribution in [1.29, 1.82) is 0 Å². The van der Waals surface area contributed by atoms with Gasteiger partial charge >= 0.3 is 0 Å². The molecule has 1 saturated heterocycles. The largest absolute Gasteiger partial charge is 0.493 e. The van der Waals surface area contributed by atoms with Crippen molar-refractivity contribution < 1.29 is 23.8 Å². The molecular weight excluding hydrogens is 399 g/mol. The smallest absolute Gasteiger partial charge is 0.161 e. The molecule has 1 heterocycles. The molecule has 2 aromatic carbocycles. The zero-order valence-corrected chi connectivity index (χ0v) is 18.2. The normalized spacial score (nSPS) is 16.5. The number of aliphatic hydroxyl groups excluding tert-OH is 1. The summed E-state index contributed by atoms with van der Waals surface area (Å²) in [6.07, 6.45) is 0.304. The lowest BCUT2D eigenvalue weighted by Crippen LogP contribution is -2.38. The number of nitrogens with zero attached hydrogens (tertiary/aromatic N) is 2. The molecule has 1 fully saturated rings. The minimum Gasteiger partial charge on any atom is -0.493 e. The van der Waals surface area contributed by atoms with Crippen LogP contribution in [0.15, 0.2) is 42.5 Å². The van der Waals surface area contributed by atoms with Gasteiger partial charge in [-0.1, -0.05) is 18.2 Å². The SMILES string of the molecule is COc1cc(C(C)=O)ccc1OCC(O)CN1CCCN(Cc2ccccc2F)CC1. The van der Waals surface area contributed by atoms with Gasteiger partial charge in [0.15, 0.2) is 17.3 Å². The Labute approximate surface area is 183 Å². The summed E-state index contributed by atoms with van der Waals surface area (Å²) in [4.78, 5) is 16.0. The number of hydrogen-bond donors (Lipinski definition) is 1. The van der Waals surface area contributed by atoms with E-state index in [4.69, 9.17) is 9.47 Å². The first-order valence-electron chi connectivity index (χ1n) is 10.6. The standard InChI is InChI=1S/C24H31FN2O4/c1-18(28)19-8-9-23(24(14-19)30-2)31-17-21(29)16-27-11-5-10-26(12-13-27)15-20-6-3-4-7-22(20)25/h3-4,6-9,14,21,29H,5,10-13,15-17H2,1-2H3. The summed E-state index contributed by atoms with van der Waals surface area (Å²) in [5, 5.41) is 10.5. The zero-order chi connectivity index (χ0) is 22.2. The van der Waals surface area contributed by atoms with E-state index in [1.54, 1.807) is 24.3 Å². The number of methoxy groups -OCH3 is 1. The number of aliphatic hydroxyl groups is 1. The zero-order valence-electron chi connectivity index (χ0n) is 18.2. The van der Waals surface area contributed by atoms with Gasteiger partial charge in [0.05, 0.1) is 7.11 Å². The number of carbonyl (C=O) groups excluding carboxylic acids is 1. The van der Waals surface area contributed by atoms with Gasteiger partial charge in [-0.15, -0.1) is 0 Å². The highest BCUT2D eigenvalue weighted by Gasteiger charge is 2.19. The van der Waals surface area contributed by atoms with Crippen molar-refractivity contribution in [2.24, 2.45) is 0 Å². The number of hydrogen-bond acceptors (Lipinski definition) is 6. The minimum atomic E-state index is -0.657. The topological polar surface area (TPSA) is 62.2 Å². The first kappa shape index (κ1) is 23.2. The Balaban J connectivity index is 1.47. The molecule has 0 aliphatic carbocycles. The fourth-order valence-electron chi connectivity index (χ4n) is 3.78. The van der Waals surface area contributed by atoms with Crippen LogP contribution in [0, 0.1) is 5.82 Å². The van der Waals surface area contributed by atoms with Gasteiger partial charge in [0.2, 0.25) is 0 Å². The minimum absolute atomic E-state index is 0.0462. The second-order valence-corrected chi connectivity index (χ2v) is 7.91. The van der Waals surface area contributed by atoms with Crippen LogP contribution in [0.4, 0.5) is 4.39 Å². The van der Waals surface area contributed by atoms with Crippen LogP contribution in [0.3, 0.4) is 0 Å². The van der Waals surface area contributed by atoms with Crippen LogP contribution >= 0.6 is 0 Å². The summed E-state index contributed by atoms with van der Waals surface area (Å²) in [7, 11) is 1.52. The van der Waals surface area contributed by atoms with Crippen LogP contribution in [0.1, 0.15) is 29.3 Å². The Morgan fingerprint density at radius 3 is 2.58 bits per heavy atom. The van der Waals surface area contributed by atoms with Crippen molar-refractivity contribution in [3.63, 3.8) is 0 Å². The predicted molar refractivity (Wildman–Crippen MR) is 117 cm³/mol. The number of β-amino-alcohol motifs (C(OH)–C–C–N with tert-alkyl or cyclic N) is 1. The molecule has 31 heavy (non-hydrogen) atoms. The van der Waals surface area contributed by atoms with E-state index in [-0.39, 0.29) is 18.2 Å². The second kappa shape index (κ2) is 11.2. The molecule has 1 N–H and O–H groups in total. The third-order valence-electron chi connectivity index (χ3n) is 5.50. The van der Waals surface area contributed by atoms with E-state index in [1.165, 1.54) is 20.1 Å². The molecule has 168 valence electrons. The van der Waals surface area contributed by atoms with Gasteiger partial charge in [-0.05, 0) is 50.7 Å². The van der Waals surface area contributed by atoms with Crippen LogP contribution in [-0.4, -0.2) is 73.2 Å². The Morgan fingerprint density at radius 2 is 1.84 bits per heavy atom. The molecule has 2 aromatic rings. The molecule has 0 radical (unpaired) electrons. The summed E-state index contributed by atoms with van der Waals surface area (Å²) in [5.74, 6) is 0.759. The Morgan fingerprint density at radius 1 is 1.10 bits per heavy atom. The molecule has 0 saturated carbocycles. The molecule has 0 amide bonds. The molecule has 0 aromatic heterocycles. The average Bonchev–Trinajstić information content (AvgIpc) is 2.98. The summed E-state index contributed by atoms with van der Waals surface area (Å²) >= 11 is 0. The van der Waals surface area contributed by atoms with Crippen molar-refractivity contribution in [2.75, 3.05) is 46.4 Å². The number of carbonyl (C=O) groups is 1. The molecule has 1 aliphatic rings. The highest BCUT2D eigenvalue weighted by molar-refractivity contribution is 5.94. The van der Waals surface area contributed by atoms with Crippen molar-refractivity contribution in [3.05, 3.63) is 59.4 Å². The lowest BCUT2D eigenvalue weighted by Gasteiger charge is -2.24. The molecule has 1 unspecified atom stereocenters. The fourth-order valence-corrected chi connectivity index (χ4v) is 3.78. The number of ether oxygens (including phenoxy) is 2. The Hall–Kier alpha value is -2.48. The van der Waals surface area contributed by atoms with Crippen LogP contribution < -0.4 is 9.47 Å². The molecule has 1 atom stereocenters. The highest BCUT2D eigenvalue weighted by atomic mass is 19.1. The highest BCUT2D eigenvalue weighted by Crippen LogP contribution is 2.28. The predicted octanol–water partition coefficient (Wildman–Crippen LogP) is 2.98. The van der Waals surface area contributed by atoms with Gasteiger partial charge in [0, 0.05) is 37.3 Å². The van der Waals surface area contributed by atoms with E-state index in [0.29, 0.717) is 35.7 Å². The average molecular weight is 431 g/mol. The molecular formula is C24H31FN2O4. The Kier molecular flexibility index (Phi) is 8.40. The maximum absolute atomic E-state index is 13.9. The van der Waals surface area contributed by atoms with Crippen molar-refractivity contribution in [3.8, 4) is 11.5 Å². The van der Waals surface area contributed by atoms with Gasteiger partial charge in [-0.2, -0.15) is 0 Å². The number of Topliss-reactive ketones (excluding diaryl/α,β-unsaturated/α-hetero) is 1. The van der Waals surface area contributed by atoms with E-state index in [9.17, 15) is 14.3 Å². The third-order valence-corrected chi connectivity index (χ3v) is 5.50. The number of benzene rings is 2. The fraction of sp³-hybridized carbons (Fsp3) is 0.458. The maximum Gasteiger partial charge on any atom is 0.161 e. The first-order chi connectivity index (χ1) is 15.0. The first-order valence-corrected chi connectivity index (χ1v) is 10.6. The van der Waals surface area contributed by atoms with E-state index in [2.05, 4.69) is 9.80 Å². The van der Waals surface area contributed by atoms with Crippen LogP contribution in [-0.2, 0) is 6.54 Å². The monoisotopic (exact) mass is 430 g/mol. The van der Waals surface area contributed by atoms with E-state index in [1.807, 2.05) is 12.1 Å². The summed E-state index contributed by atoms with van der Waals surface area (Å²) < 4.78 is 25.0. The van der Waals surface area contributed by atoms with Crippen molar-refractivity contribution in [1.82, 2.24) is 9.80 Å². The van der Waals surface area contributed by atoms with Crippen LogP contribution in [0.25, 0.3) is 0 Å². The molecule has 0 bridgehead atoms.